The van der Waals surface area contributed by atoms with E-state index in [1.54, 1.807) is 0 Å². The molecule has 2 N–H and O–H groups in total. The molecule has 1 saturated heterocycles. The highest BCUT2D eigenvalue weighted by Gasteiger charge is 2.48. The molecule has 0 radical (unpaired) electrons. The van der Waals surface area contributed by atoms with Gasteiger partial charge in [0.25, 0.3) is 0 Å². The molecule has 1 heterocycles. The molecule has 1 aliphatic heterocycles. The maximum absolute atomic E-state index is 11.7. The number of hydrogen-bond acceptors (Lipinski definition) is 4. The van der Waals surface area contributed by atoms with Crippen molar-refractivity contribution >= 4 is 5.97 Å². The Balaban J connectivity index is 2.52. The Bertz CT molecular complexity index is 206. The summed E-state index contributed by atoms with van der Waals surface area (Å²) in [6, 6.07) is 0. The van der Waals surface area contributed by atoms with E-state index in [0.29, 0.717) is 0 Å². The zero-order chi connectivity index (χ0) is 10.1. The molecular formula is C6H8F3NO3. The van der Waals surface area contributed by atoms with E-state index >= 15 is 0 Å². The lowest BCUT2D eigenvalue weighted by Crippen LogP contribution is -2.64. The Hall–Kier alpha value is -0.820. The van der Waals surface area contributed by atoms with Gasteiger partial charge in [0.05, 0.1) is 6.61 Å². The summed E-state index contributed by atoms with van der Waals surface area (Å²) in [5.74, 6) is -2.26. The lowest BCUT2D eigenvalue weighted by molar-refractivity contribution is -0.221. The van der Waals surface area contributed by atoms with Crippen LogP contribution in [0, 0.1) is 0 Å². The summed E-state index contributed by atoms with van der Waals surface area (Å²) in [5.41, 5.74) is -1.38. The van der Waals surface area contributed by atoms with Crippen LogP contribution >= 0.6 is 0 Å². The van der Waals surface area contributed by atoms with Crippen molar-refractivity contribution in [3.05, 3.63) is 0 Å². The van der Waals surface area contributed by atoms with Crippen LogP contribution in [0.2, 0.25) is 0 Å². The second-order valence-corrected chi connectivity index (χ2v) is 2.83. The molecule has 0 bridgehead atoms. The summed E-state index contributed by atoms with van der Waals surface area (Å²) in [6.45, 7) is -0.515. The average Bonchev–Trinajstić information content (AvgIpc) is 1.94. The van der Waals surface area contributed by atoms with Crippen LogP contribution in [0.25, 0.3) is 0 Å². The van der Waals surface area contributed by atoms with Gasteiger partial charge < -0.3 is 15.2 Å². The number of hydrogen-bond donors (Lipinski definition) is 2. The predicted octanol–water partition coefficient (Wildman–Crippen LogP) is -0.574. The van der Waals surface area contributed by atoms with Crippen LogP contribution in [0.4, 0.5) is 13.2 Å². The number of carbonyl (C=O) groups excluding carboxylic acids is 1. The topological polar surface area (TPSA) is 58.6 Å². The summed E-state index contributed by atoms with van der Waals surface area (Å²) in [4.78, 5) is 10.3. The minimum atomic E-state index is -5.00. The van der Waals surface area contributed by atoms with Crippen LogP contribution < -0.4 is 5.32 Å². The summed E-state index contributed by atoms with van der Waals surface area (Å²) < 4.78 is 39.2. The molecule has 0 unspecified atom stereocenters. The van der Waals surface area contributed by atoms with Crippen LogP contribution in [0.3, 0.4) is 0 Å². The largest absolute Gasteiger partial charge is 0.490 e. The van der Waals surface area contributed by atoms with Crippen molar-refractivity contribution < 1.29 is 27.8 Å². The number of halogens is 3. The molecule has 1 aliphatic rings. The molecule has 0 amide bonds. The summed E-state index contributed by atoms with van der Waals surface area (Å²) >= 11 is 0. The zero-order valence-electron chi connectivity index (χ0n) is 6.52. The Labute approximate surface area is 71.7 Å². The highest BCUT2D eigenvalue weighted by Crippen LogP contribution is 2.23. The van der Waals surface area contributed by atoms with Gasteiger partial charge in [0.1, 0.15) is 0 Å². The maximum atomic E-state index is 11.7. The van der Waals surface area contributed by atoms with Crippen molar-refractivity contribution in [2.24, 2.45) is 0 Å². The highest BCUT2D eigenvalue weighted by atomic mass is 19.4. The Morgan fingerprint density at radius 2 is 2.08 bits per heavy atom. The SMILES string of the molecule is O=C(OC1(CO)CNC1)C(F)(F)F. The normalized spacial score (nSPS) is 20.6. The molecule has 4 nitrogen and oxygen atoms in total. The average molecular weight is 199 g/mol. The number of nitrogens with one attached hydrogen (secondary N) is 1. The van der Waals surface area contributed by atoms with Crippen molar-refractivity contribution in [3.63, 3.8) is 0 Å². The number of alkyl halides is 3. The number of esters is 1. The quantitative estimate of drug-likeness (QED) is 0.584. The molecule has 13 heavy (non-hydrogen) atoms. The first kappa shape index (κ1) is 10.3. The molecule has 1 rings (SSSR count). The summed E-state index contributed by atoms with van der Waals surface area (Å²) in [7, 11) is 0. The van der Waals surface area contributed by atoms with Crippen LogP contribution in [0.1, 0.15) is 0 Å². The van der Waals surface area contributed by atoms with Crippen LogP contribution in [0.5, 0.6) is 0 Å². The van der Waals surface area contributed by atoms with Crippen molar-refractivity contribution in [2.45, 2.75) is 11.8 Å². The molecule has 1 fully saturated rings. The molecule has 0 aromatic rings. The molecule has 0 atom stereocenters. The number of ether oxygens (including phenoxy) is 1. The third-order valence-corrected chi connectivity index (χ3v) is 1.72. The monoisotopic (exact) mass is 199 g/mol. The molecule has 76 valence electrons. The van der Waals surface area contributed by atoms with Gasteiger partial charge in [0.15, 0.2) is 5.60 Å². The van der Waals surface area contributed by atoms with Gasteiger partial charge in [-0.05, 0) is 0 Å². The van der Waals surface area contributed by atoms with Crippen molar-refractivity contribution in [1.82, 2.24) is 5.32 Å². The minimum absolute atomic E-state index is 0.0469. The fourth-order valence-electron chi connectivity index (χ4n) is 0.875. The smallest absolute Gasteiger partial charge is 0.447 e. The van der Waals surface area contributed by atoms with Gasteiger partial charge >= 0.3 is 12.1 Å². The van der Waals surface area contributed by atoms with E-state index < -0.39 is 24.4 Å². The molecule has 0 aromatic heterocycles. The fourth-order valence-corrected chi connectivity index (χ4v) is 0.875. The van der Waals surface area contributed by atoms with E-state index in [0.717, 1.165) is 0 Å². The van der Waals surface area contributed by atoms with Gasteiger partial charge in [-0.1, -0.05) is 0 Å². The van der Waals surface area contributed by atoms with Gasteiger partial charge in [-0.25, -0.2) is 4.79 Å². The van der Waals surface area contributed by atoms with Gasteiger partial charge in [-0.15, -0.1) is 0 Å². The molecule has 0 spiro atoms. The number of aliphatic hydroxyl groups is 1. The van der Waals surface area contributed by atoms with E-state index in [4.69, 9.17) is 5.11 Å². The number of rotatable bonds is 2. The lowest BCUT2D eigenvalue weighted by Gasteiger charge is -2.40. The summed E-state index contributed by atoms with van der Waals surface area (Å²) in [6.07, 6.45) is -5.00. The van der Waals surface area contributed by atoms with Crippen molar-refractivity contribution in [3.8, 4) is 0 Å². The van der Waals surface area contributed by atoms with Crippen molar-refractivity contribution in [1.29, 1.82) is 0 Å². The first-order valence-corrected chi connectivity index (χ1v) is 3.51. The third kappa shape index (κ3) is 2.10. The molecule has 7 heteroatoms. The maximum Gasteiger partial charge on any atom is 0.490 e. The van der Waals surface area contributed by atoms with Gasteiger partial charge in [-0.3, -0.25) is 0 Å². The second-order valence-electron chi connectivity index (χ2n) is 2.83. The lowest BCUT2D eigenvalue weighted by atomic mass is 9.98. The Morgan fingerprint density at radius 1 is 1.54 bits per heavy atom. The minimum Gasteiger partial charge on any atom is -0.447 e. The van der Waals surface area contributed by atoms with E-state index in [1.807, 2.05) is 0 Å². The standard InChI is InChI=1S/C6H8F3NO3/c7-6(8,9)4(12)13-5(3-11)1-10-2-5/h10-11H,1-3H2. The van der Waals surface area contributed by atoms with E-state index in [2.05, 4.69) is 10.1 Å². The molecule has 0 aliphatic carbocycles. The highest BCUT2D eigenvalue weighted by molar-refractivity contribution is 5.76. The Morgan fingerprint density at radius 3 is 2.31 bits per heavy atom. The summed E-state index contributed by atoms with van der Waals surface area (Å²) in [5, 5.41) is 11.3. The van der Waals surface area contributed by atoms with Gasteiger partial charge in [-0.2, -0.15) is 13.2 Å². The second kappa shape index (κ2) is 3.15. The predicted molar refractivity (Wildman–Crippen MR) is 34.8 cm³/mol. The van der Waals surface area contributed by atoms with Crippen LogP contribution in [-0.4, -0.2) is 42.5 Å². The van der Waals surface area contributed by atoms with E-state index in [1.165, 1.54) is 0 Å². The number of aliphatic hydroxyl groups excluding tert-OH is 1. The van der Waals surface area contributed by atoms with Crippen LogP contribution in [-0.2, 0) is 9.53 Å². The van der Waals surface area contributed by atoms with Gasteiger partial charge in [0, 0.05) is 13.1 Å². The van der Waals surface area contributed by atoms with E-state index in [-0.39, 0.29) is 13.1 Å². The first-order valence-electron chi connectivity index (χ1n) is 3.51. The van der Waals surface area contributed by atoms with E-state index in [9.17, 15) is 18.0 Å². The molecular weight excluding hydrogens is 191 g/mol. The van der Waals surface area contributed by atoms with Crippen LogP contribution in [0.15, 0.2) is 0 Å². The number of carbonyl (C=O) groups is 1. The Kier molecular flexibility index (Phi) is 2.49. The fraction of sp³-hybridized carbons (Fsp3) is 0.833. The first-order chi connectivity index (χ1) is 5.90. The molecule has 0 aromatic carbocycles. The molecule has 0 saturated carbocycles. The van der Waals surface area contributed by atoms with Crippen molar-refractivity contribution in [2.75, 3.05) is 19.7 Å². The third-order valence-electron chi connectivity index (χ3n) is 1.72. The van der Waals surface area contributed by atoms with Gasteiger partial charge in [0.2, 0.25) is 0 Å². The zero-order valence-corrected chi connectivity index (χ0v) is 6.52.